The molecular weight excluding hydrogens is 331 g/mol. The fourth-order valence-electron chi connectivity index (χ4n) is 1.91. The average Bonchev–Trinajstić information content (AvgIpc) is 2.77. The molecule has 0 radical (unpaired) electrons. The van der Waals surface area contributed by atoms with Crippen LogP contribution in [0.2, 0.25) is 5.02 Å². The van der Waals surface area contributed by atoms with Crippen molar-refractivity contribution >= 4 is 49.9 Å². The molecule has 0 bridgehead atoms. The van der Waals surface area contributed by atoms with Gasteiger partial charge in [0.15, 0.2) is 11.5 Å². The molecule has 0 aliphatic rings. The predicted octanol–water partition coefficient (Wildman–Crippen LogP) is 5.51. The van der Waals surface area contributed by atoms with Crippen LogP contribution in [0.3, 0.4) is 0 Å². The standard InChI is InChI=1S/C15H16Cl2O3S/c1-3-5-6-20-11-8-12-9(7-10(11)19-4-2)13(16)14(21-12)15(17)18/h7-8H,3-6H2,1-2H3. The van der Waals surface area contributed by atoms with E-state index in [1.54, 1.807) is 0 Å². The Bertz CT molecular complexity index is 652. The number of carbonyl (C=O) groups excluding carboxylic acids is 1. The number of benzene rings is 1. The number of carbonyl (C=O) groups is 1. The van der Waals surface area contributed by atoms with E-state index in [-0.39, 0.29) is 0 Å². The molecule has 0 aliphatic carbocycles. The third-order valence-electron chi connectivity index (χ3n) is 2.93. The summed E-state index contributed by atoms with van der Waals surface area (Å²) in [7, 11) is 0. The molecule has 0 saturated heterocycles. The van der Waals surface area contributed by atoms with Gasteiger partial charge < -0.3 is 9.47 Å². The Morgan fingerprint density at radius 1 is 1.24 bits per heavy atom. The molecule has 0 spiro atoms. The van der Waals surface area contributed by atoms with Gasteiger partial charge in [-0.05, 0) is 31.0 Å². The van der Waals surface area contributed by atoms with Crippen molar-refractivity contribution in [3.05, 3.63) is 22.0 Å². The van der Waals surface area contributed by atoms with Crippen molar-refractivity contribution in [1.29, 1.82) is 0 Å². The third-order valence-corrected chi connectivity index (χ3v) is 4.88. The van der Waals surface area contributed by atoms with Crippen molar-refractivity contribution < 1.29 is 14.3 Å². The van der Waals surface area contributed by atoms with Crippen molar-refractivity contribution in [3.8, 4) is 11.5 Å². The lowest BCUT2D eigenvalue weighted by Gasteiger charge is -2.12. The first kappa shape index (κ1) is 16.4. The molecule has 1 heterocycles. The van der Waals surface area contributed by atoms with E-state index in [1.165, 1.54) is 11.3 Å². The minimum Gasteiger partial charge on any atom is -0.490 e. The Hall–Kier alpha value is -0.970. The van der Waals surface area contributed by atoms with Gasteiger partial charge in [0.1, 0.15) is 4.88 Å². The molecule has 0 atom stereocenters. The number of hydrogen-bond acceptors (Lipinski definition) is 4. The van der Waals surface area contributed by atoms with Gasteiger partial charge in [-0.25, -0.2) is 0 Å². The molecule has 21 heavy (non-hydrogen) atoms. The average molecular weight is 347 g/mol. The zero-order chi connectivity index (χ0) is 15.4. The van der Waals surface area contributed by atoms with E-state index in [9.17, 15) is 4.79 Å². The van der Waals surface area contributed by atoms with Gasteiger partial charge in [0, 0.05) is 16.2 Å². The molecule has 114 valence electrons. The fourth-order valence-corrected chi connectivity index (χ4v) is 3.52. The van der Waals surface area contributed by atoms with E-state index in [0.29, 0.717) is 34.6 Å². The number of fused-ring (bicyclic) bond motifs is 1. The second-order valence-corrected chi connectivity index (χ2v) is 6.22. The molecular formula is C15H16Cl2O3S. The third kappa shape index (κ3) is 3.62. The van der Waals surface area contributed by atoms with Crippen LogP contribution in [-0.2, 0) is 0 Å². The Kier molecular flexibility index (Phi) is 5.73. The van der Waals surface area contributed by atoms with Crippen molar-refractivity contribution in [1.82, 2.24) is 0 Å². The van der Waals surface area contributed by atoms with Crippen LogP contribution in [0.25, 0.3) is 10.1 Å². The molecule has 0 amide bonds. The van der Waals surface area contributed by atoms with Crippen molar-refractivity contribution in [2.24, 2.45) is 0 Å². The highest BCUT2D eigenvalue weighted by molar-refractivity contribution is 7.23. The van der Waals surface area contributed by atoms with Gasteiger partial charge in [-0.3, -0.25) is 4.79 Å². The second-order valence-electron chi connectivity index (χ2n) is 4.45. The summed E-state index contributed by atoms with van der Waals surface area (Å²) in [5, 5.41) is 0.584. The van der Waals surface area contributed by atoms with Crippen LogP contribution in [-0.4, -0.2) is 18.5 Å². The smallest absolute Gasteiger partial charge is 0.263 e. The molecule has 1 aromatic heterocycles. The van der Waals surface area contributed by atoms with Gasteiger partial charge in [0.25, 0.3) is 5.24 Å². The van der Waals surface area contributed by atoms with Gasteiger partial charge in [-0.15, -0.1) is 11.3 Å². The Balaban J connectivity index is 2.46. The van der Waals surface area contributed by atoms with Gasteiger partial charge in [-0.1, -0.05) is 24.9 Å². The molecule has 6 heteroatoms. The molecule has 1 aromatic carbocycles. The van der Waals surface area contributed by atoms with Crippen LogP contribution in [0, 0.1) is 0 Å². The van der Waals surface area contributed by atoms with E-state index in [0.717, 1.165) is 22.9 Å². The predicted molar refractivity (Wildman–Crippen MR) is 88.6 cm³/mol. The van der Waals surface area contributed by atoms with Crippen LogP contribution in [0.5, 0.6) is 11.5 Å². The molecule has 0 fully saturated rings. The highest BCUT2D eigenvalue weighted by Gasteiger charge is 2.18. The van der Waals surface area contributed by atoms with Crippen LogP contribution in [0.15, 0.2) is 12.1 Å². The summed E-state index contributed by atoms with van der Waals surface area (Å²) in [6.45, 7) is 5.16. The summed E-state index contributed by atoms with van der Waals surface area (Å²) in [5.41, 5.74) is 0. The Morgan fingerprint density at radius 2 is 1.95 bits per heavy atom. The number of halogens is 2. The summed E-state index contributed by atoms with van der Waals surface area (Å²) < 4.78 is 12.2. The molecule has 2 aromatic rings. The maximum absolute atomic E-state index is 11.4. The highest BCUT2D eigenvalue weighted by atomic mass is 35.5. The Labute approximate surface area is 137 Å². The molecule has 0 aliphatic heterocycles. The molecule has 0 unspecified atom stereocenters. The lowest BCUT2D eigenvalue weighted by atomic mass is 10.2. The van der Waals surface area contributed by atoms with Gasteiger partial charge >= 0.3 is 0 Å². The topological polar surface area (TPSA) is 35.5 Å². The lowest BCUT2D eigenvalue weighted by molar-refractivity contribution is 0.108. The molecule has 0 N–H and O–H groups in total. The van der Waals surface area contributed by atoms with Crippen molar-refractivity contribution in [2.45, 2.75) is 26.7 Å². The zero-order valence-electron chi connectivity index (χ0n) is 11.9. The van der Waals surface area contributed by atoms with E-state index in [1.807, 2.05) is 19.1 Å². The van der Waals surface area contributed by atoms with E-state index in [4.69, 9.17) is 32.7 Å². The van der Waals surface area contributed by atoms with Crippen LogP contribution >= 0.6 is 34.5 Å². The number of thiophene rings is 1. The van der Waals surface area contributed by atoms with Gasteiger partial charge in [-0.2, -0.15) is 0 Å². The van der Waals surface area contributed by atoms with Crippen LogP contribution < -0.4 is 9.47 Å². The second kappa shape index (κ2) is 7.34. The van der Waals surface area contributed by atoms with Crippen molar-refractivity contribution in [2.75, 3.05) is 13.2 Å². The summed E-state index contributed by atoms with van der Waals surface area (Å²) in [6.07, 6.45) is 2.03. The first-order valence-electron chi connectivity index (χ1n) is 6.79. The quantitative estimate of drug-likeness (QED) is 0.489. The molecule has 3 nitrogen and oxygen atoms in total. The van der Waals surface area contributed by atoms with E-state index in [2.05, 4.69) is 6.92 Å². The normalized spacial score (nSPS) is 10.9. The summed E-state index contributed by atoms with van der Waals surface area (Å²) in [4.78, 5) is 11.7. The maximum Gasteiger partial charge on any atom is 0.263 e. The lowest BCUT2D eigenvalue weighted by Crippen LogP contribution is -2.00. The molecule has 0 saturated carbocycles. The maximum atomic E-state index is 11.4. The minimum atomic E-state index is -0.549. The Morgan fingerprint density at radius 3 is 2.57 bits per heavy atom. The number of unbranched alkanes of at least 4 members (excludes halogenated alkanes) is 1. The van der Waals surface area contributed by atoms with Crippen LogP contribution in [0.4, 0.5) is 0 Å². The zero-order valence-corrected chi connectivity index (χ0v) is 14.2. The fraction of sp³-hybridized carbons (Fsp3) is 0.400. The SMILES string of the molecule is CCCCOc1cc2sc(C(=O)Cl)c(Cl)c2cc1OCC. The van der Waals surface area contributed by atoms with Gasteiger partial charge in [0.05, 0.1) is 18.2 Å². The molecule has 2 rings (SSSR count). The first-order valence-corrected chi connectivity index (χ1v) is 8.37. The van der Waals surface area contributed by atoms with E-state index >= 15 is 0 Å². The van der Waals surface area contributed by atoms with E-state index < -0.39 is 5.24 Å². The largest absolute Gasteiger partial charge is 0.490 e. The summed E-state index contributed by atoms with van der Waals surface area (Å²) in [5.74, 6) is 1.30. The number of rotatable bonds is 7. The van der Waals surface area contributed by atoms with Gasteiger partial charge in [0.2, 0.25) is 0 Å². The van der Waals surface area contributed by atoms with Crippen LogP contribution in [0.1, 0.15) is 36.4 Å². The highest BCUT2D eigenvalue weighted by Crippen LogP contribution is 2.42. The number of ether oxygens (including phenoxy) is 2. The minimum absolute atomic E-state index is 0.349. The summed E-state index contributed by atoms with van der Waals surface area (Å²) in [6, 6.07) is 3.66. The monoisotopic (exact) mass is 346 g/mol. The van der Waals surface area contributed by atoms with Crippen molar-refractivity contribution in [3.63, 3.8) is 0 Å². The summed E-state index contributed by atoms with van der Waals surface area (Å²) >= 11 is 13.0. The number of hydrogen-bond donors (Lipinski definition) is 0. The first-order chi connectivity index (χ1) is 10.1.